The number of amides is 2. The van der Waals surface area contributed by atoms with Gasteiger partial charge in [-0.1, -0.05) is 34.8 Å². The molecule has 0 unspecified atom stereocenters. The van der Waals surface area contributed by atoms with Crippen molar-refractivity contribution < 1.29 is 18.7 Å². The molecule has 2 N–H and O–H groups in total. The van der Waals surface area contributed by atoms with Gasteiger partial charge in [0, 0.05) is 6.07 Å². The molecule has 0 radical (unpaired) electrons. The van der Waals surface area contributed by atoms with Crippen LogP contribution in [0.15, 0.2) is 28.9 Å². The van der Waals surface area contributed by atoms with Gasteiger partial charge in [-0.25, -0.2) is 0 Å². The fourth-order valence-corrected chi connectivity index (χ4v) is 2.20. The van der Waals surface area contributed by atoms with Crippen LogP contribution in [-0.4, -0.2) is 18.4 Å². The van der Waals surface area contributed by atoms with Crippen LogP contribution in [-0.2, 0) is 4.79 Å². The molecule has 2 aromatic rings. The van der Waals surface area contributed by atoms with Gasteiger partial charge in [0.25, 0.3) is 11.8 Å². The second kappa shape index (κ2) is 7.59. The van der Waals surface area contributed by atoms with Gasteiger partial charge in [0.05, 0.1) is 26.9 Å². The summed E-state index contributed by atoms with van der Waals surface area (Å²) in [6, 6.07) is 4.29. The van der Waals surface area contributed by atoms with Crippen LogP contribution in [0.25, 0.3) is 0 Å². The molecule has 1 heterocycles. The maximum Gasteiger partial charge on any atom is 0.276 e. The molecular weight excluding hydrogens is 367 g/mol. The highest BCUT2D eigenvalue weighted by Gasteiger charge is 2.13. The molecular formula is C14H11Cl3N2O4. The average Bonchev–Trinajstić information content (AvgIpc) is 2.93. The monoisotopic (exact) mass is 376 g/mol. The molecule has 0 spiro atoms. The Morgan fingerprint density at radius 2 is 1.83 bits per heavy atom. The number of hydrogen-bond donors (Lipinski definition) is 2. The van der Waals surface area contributed by atoms with E-state index < -0.39 is 11.8 Å². The van der Waals surface area contributed by atoms with Crippen LogP contribution in [0, 0.1) is 6.92 Å². The maximum atomic E-state index is 11.8. The zero-order chi connectivity index (χ0) is 17.0. The number of carbonyl (C=O) groups excluding carboxylic acids is 2. The van der Waals surface area contributed by atoms with Gasteiger partial charge in [-0.05, 0) is 19.1 Å². The predicted molar refractivity (Wildman–Crippen MR) is 86.0 cm³/mol. The lowest BCUT2D eigenvalue weighted by Gasteiger charge is -2.10. The number of halogens is 3. The number of ether oxygens (including phenoxy) is 1. The van der Waals surface area contributed by atoms with Crippen molar-refractivity contribution in [2.75, 3.05) is 6.61 Å². The zero-order valence-corrected chi connectivity index (χ0v) is 14.1. The zero-order valence-electron chi connectivity index (χ0n) is 11.8. The Labute approximate surface area is 146 Å². The van der Waals surface area contributed by atoms with E-state index in [1.807, 2.05) is 0 Å². The highest BCUT2D eigenvalue weighted by Crippen LogP contribution is 2.33. The number of rotatable bonds is 4. The molecule has 23 heavy (non-hydrogen) atoms. The van der Waals surface area contributed by atoms with Crippen LogP contribution in [0.4, 0.5) is 0 Å². The van der Waals surface area contributed by atoms with Gasteiger partial charge < -0.3 is 9.15 Å². The van der Waals surface area contributed by atoms with Gasteiger partial charge in [0.15, 0.2) is 6.61 Å². The molecule has 0 bridgehead atoms. The van der Waals surface area contributed by atoms with Crippen molar-refractivity contribution in [1.29, 1.82) is 0 Å². The first-order valence-electron chi connectivity index (χ1n) is 6.29. The van der Waals surface area contributed by atoms with Crippen molar-refractivity contribution in [2.45, 2.75) is 6.92 Å². The SMILES string of the molecule is Cc1occc1C(=O)NNC(=O)COc1cc(Cl)c(Cl)cc1Cl. The van der Waals surface area contributed by atoms with Crippen molar-refractivity contribution in [3.8, 4) is 5.75 Å². The summed E-state index contributed by atoms with van der Waals surface area (Å²) in [5, 5.41) is 0.733. The summed E-state index contributed by atoms with van der Waals surface area (Å²) >= 11 is 17.5. The smallest absolute Gasteiger partial charge is 0.276 e. The largest absolute Gasteiger partial charge is 0.482 e. The molecule has 0 atom stereocenters. The lowest BCUT2D eigenvalue weighted by molar-refractivity contribution is -0.123. The molecule has 0 saturated carbocycles. The number of nitrogens with one attached hydrogen (secondary N) is 2. The van der Waals surface area contributed by atoms with Crippen molar-refractivity contribution in [3.63, 3.8) is 0 Å². The number of furan rings is 1. The van der Waals surface area contributed by atoms with Crippen LogP contribution in [0.3, 0.4) is 0 Å². The molecule has 0 aliphatic heterocycles. The van der Waals surface area contributed by atoms with Gasteiger partial charge >= 0.3 is 0 Å². The van der Waals surface area contributed by atoms with Crippen LogP contribution in [0.5, 0.6) is 5.75 Å². The van der Waals surface area contributed by atoms with E-state index in [0.29, 0.717) is 11.3 Å². The van der Waals surface area contributed by atoms with Crippen LogP contribution >= 0.6 is 34.8 Å². The van der Waals surface area contributed by atoms with E-state index in [4.69, 9.17) is 44.0 Å². The molecule has 122 valence electrons. The third kappa shape index (κ3) is 4.54. The summed E-state index contributed by atoms with van der Waals surface area (Å²) in [5.74, 6) is -0.442. The minimum atomic E-state index is -0.582. The molecule has 1 aromatic carbocycles. The summed E-state index contributed by atoms with van der Waals surface area (Å²) in [4.78, 5) is 23.4. The minimum Gasteiger partial charge on any atom is -0.482 e. The third-order valence-electron chi connectivity index (χ3n) is 2.75. The lowest BCUT2D eigenvalue weighted by Crippen LogP contribution is -2.43. The molecule has 1 aromatic heterocycles. The number of aryl methyl sites for hydroxylation is 1. The summed E-state index contributed by atoms with van der Waals surface area (Å²) in [6.07, 6.45) is 1.38. The Morgan fingerprint density at radius 3 is 2.48 bits per heavy atom. The van der Waals surface area contributed by atoms with E-state index in [9.17, 15) is 9.59 Å². The Hall–Kier alpha value is -1.89. The molecule has 0 saturated heterocycles. The van der Waals surface area contributed by atoms with E-state index >= 15 is 0 Å². The normalized spacial score (nSPS) is 10.3. The number of carbonyl (C=O) groups is 2. The summed E-state index contributed by atoms with van der Waals surface area (Å²) < 4.78 is 10.2. The van der Waals surface area contributed by atoms with Crippen molar-refractivity contribution in [3.05, 3.63) is 50.9 Å². The van der Waals surface area contributed by atoms with Gasteiger partial charge in [-0.2, -0.15) is 0 Å². The first kappa shape index (κ1) is 17.5. The van der Waals surface area contributed by atoms with Gasteiger partial charge in [-0.15, -0.1) is 0 Å². The van der Waals surface area contributed by atoms with Gasteiger partial charge in [0.2, 0.25) is 0 Å². The molecule has 9 heteroatoms. The fraction of sp³-hybridized carbons (Fsp3) is 0.143. The minimum absolute atomic E-state index is 0.202. The van der Waals surface area contributed by atoms with Crippen molar-refractivity contribution in [2.24, 2.45) is 0 Å². The van der Waals surface area contributed by atoms with Crippen LogP contribution in [0.1, 0.15) is 16.1 Å². The van der Waals surface area contributed by atoms with Crippen LogP contribution < -0.4 is 15.6 Å². The third-order valence-corrected chi connectivity index (χ3v) is 3.77. The number of hydrazine groups is 1. The van der Waals surface area contributed by atoms with E-state index in [1.54, 1.807) is 6.92 Å². The standard InChI is InChI=1S/C14H11Cl3N2O4/c1-7-8(2-3-22-7)14(21)19-18-13(20)6-23-12-5-10(16)9(15)4-11(12)17/h2-5H,6H2,1H3,(H,18,20)(H,19,21). The van der Waals surface area contributed by atoms with E-state index in [2.05, 4.69) is 10.9 Å². The molecule has 0 aliphatic rings. The molecule has 0 fully saturated rings. The highest BCUT2D eigenvalue weighted by molar-refractivity contribution is 6.43. The quantitative estimate of drug-likeness (QED) is 0.632. The lowest BCUT2D eigenvalue weighted by atomic mass is 10.2. The van der Waals surface area contributed by atoms with Crippen molar-refractivity contribution in [1.82, 2.24) is 10.9 Å². The van der Waals surface area contributed by atoms with Crippen molar-refractivity contribution >= 4 is 46.6 Å². The topological polar surface area (TPSA) is 80.6 Å². The van der Waals surface area contributed by atoms with E-state index in [0.717, 1.165) is 0 Å². The summed E-state index contributed by atoms with van der Waals surface area (Å²) in [6.45, 7) is 1.26. The average molecular weight is 378 g/mol. The Kier molecular flexibility index (Phi) is 5.76. The molecule has 6 nitrogen and oxygen atoms in total. The molecule has 2 amide bonds. The van der Waals surface area contributed by atoms with E-state index in [1.165, 1.54) is 24.5 Å². The highest BCUT2D eigenvalue weighted by atomic mass is 35.5. The summed E-state index contributed by atoms with van der Waals surface area (Å²) in [7, 11) is 0. The number of benzene rings is 1. The van der Waals surface area contributed by atoms with Gasteiger partial charge in [0.1, 0.15) is 11.5 Å². The Balaban J connectivity index is 1.85. The second-order valence-electron chi connectivity index (χ2n) is 4.38. The van der Waals surface area contributed by atoms with Gasteiger partial charge in [-0.3, -0.25) is 20.4 Å². The Morgan fingerprint density at radius 1 is 1.13 bits per heavy atom. The molecule has 2 rings (SSSR count). The Bertz CT molecular complexity index is 746. The first-order chi connectivity index (χ1) is 10.9. The van der Waals surface area contributed by atoms with E-state index in [-0.39, 0.29) is 27.4 Å². The molecule has 0 aliphatic carbocycles. The number of hydrogen-bond acceptors (Lipinski definition) is 4. The maximum absolute atomic E-state index is 11.8. The fourth-order valence-electron chi connectivity index (χ4n) is 1.61. The summed E-state index contributed by atoms with van der Waals surface area (Å²) in [5.41, 5.74) is 4.76. The second-order valence-corrected chi connectivity index (χ2v) is 5.60. The predicted octanol–water partition coefficient (Wildman–Crippen LogP) is 3.39. The first-order valence-corrected chi connectivity index (χ1v) is 7.42. The van der Waals surface area contributed by atoms with Crippen LogP contribution in [0.2, 0.25) is 15.1 Å².